The maximum Gasteiger partial charge on any atom is 0.345 e. The number of carbonyl (C=O) groups is 1. The summed E-state index contributed by atoms with van der Waals surface area (Å²) in [5.41, 5.74) is 2.68. The molecule has 122 valence electrons. The number of benzene rings is 1. The number of aromatic nitrogens is 1. The molecule has 0 fully saturated rings. The van der Waals surface area contributed by atoms with E-state index in [2.05, 4.69) is 4.98 Å². The number of hydrogen-bond acceptors (Lipinski definition) is 4. The van der Waals surface area contributed by atoms with Gasteiger partial charge in [-0.1, -0.05) is 41.9 Å². The van der Waals surface area contributed by atoms with Crippen molar-refractivity contribution in [2.45, 2.75) is 40.4 Å². The van der Waals surface area contributed by atoms with Crippen molar-refractivity contribution in [2.75, 3.05) is 0 Å². The molecule has 0 aliphatic carbocycles. The van der Waals surface area contributed by atoms with Gasteiger partial charge in [-0.2, -0.15) is 0 Å². The minimum absolute atomic E-state index is 0.0989. The molecule has 1 aromatic carbocycles. The van der Waals surface area contributed by atoms with Gasteiger partial charge in [-0.3, -0.25) is 0 Å². The van der Waals surface area contributed by atoms with Gasteiger partial charge in [0.1, 0.15) is 23.1 Å². The molecule has 0 bridgehead atoms. The number of halogens is 1. The normalized spacial score (nSPS) is 10.7. The zero-order valence-electron chi connectivity index (χ0n) is 13.7. The van der Waals surface area contributed by atoms with E-state index in [0.717, 1.165) is 16.8 Å². The van der Waals surface area contributed by atoms with Gasteiger partial charge in [-0.25, -0.2) is 9.78 Å². The van der Waals surface area contributed by atoms with E-state index >= 15 is 0 Å². The summed E-state index contributed by atoms with van der Waals surface area (Å²) < 4.78 is 11.2. The van der Waals surface area contributed by atoms with E-state index in [1.807, 2.05) is 44.2 Å². The lowest BCUT2D eigenvalue weighted by molar-refractivity contribution is 0.0372. The van der Waals surface area contributed by atoms with Gasteiger partial charge in [-0.05, 0) is 33.3 Å². The number of esters is 1. The van der Waals surface area contributed by atoms with Gasteiger partial charge in [0.25, 0.3) is 0 Å². The number of rotatable bonds is 5. The molecule has 0 saturated carbocycles. The second-order valence-electron chi connectivity index (χ2n) is 5.55. The van der Waals surface area contributed by atoms with Gasteiger partial charge in [-0.15, -0.1) is 0 Å². The number of hydrogen-bond donors (Lipinski definition) is 0. The summed E-state index contributed by atoms with van der Waals surface area (Å²) in [6, 6.07) is 9.72. The third-order valence-electron chi connectivity index (χ3n) is 3.36. The Morgan fingerprint density at radius 3 is 2.48 bits per heavy atom. The van der Waals surface area contributed by atoms with Gasteiger partial charge in [0.15, 0.2) is 0 Å². The molecule has 2 aromatic rings. The molecule has 1 aromatic heterocycles. The van der Waals surface area contributed by atoms with Crippen LogP contribution >= 0.6 is 11.6 Å². The van der Waals surface area contributed by atoms with E-state index in [1.165, 1.54) is 0 Å². The number of aryl methyl sites for hydroxylation is 1. The predicted octanol–water partition coefficient (Wildman–Crippen LogP) is 4.50. The lowest BCUT2D eigenvalue weighted by Crippen LogP contribution is -2.15. The molecule has 2 rings (SSSR count). The largest absolute Gasteiger partial charge is 0.488 e. The van der Waals surface area contributed by atoms with E-state index in [0.29, 0.717) is 12.4 Å². The first kappa shape index (κ1) is 17.3. The SMILES string of the molecule is Cc1nc(Cl)c(C(=O)OC(C)C)c(OCc2ccccc2)c1C. The Morgan fingerprint density at radius 1 is 1.22 bits per heavy atom. The fraction of sp³-hybridized carbons (Fsp3) is 0.333. The van der Waals surface area contributed by atoms with Gasteiger partial charge >= 0.3 is 5.97 Å². The van der Waals surface area contributed by atoms with Crippen LogP contribution in [-0.2, 0) is 11.3 Å². The first-order valence-electron chi connectivity index (χ1n) is 7.44. The maximum atomic E-state index is 12.3. The van der Waals surface area contributed by atoms with Crippen LogP contribution in [0.25, 0.3) is 0 Å². The zero-order valence-corrected chi connectivity index (χ0v) is 14.5. The van der Waals surface area contributed by atoms with Crippen LogP contribution in [0.15, 0.2) is 30.3 Å². The Bertz CT molecular complexity index is 699. The molecular formula is C18H20ClNO3. The van der Waals surface area contributed by atoms with Gasteiger partial charge in [0, 0.05) is 11.3 Å². The second-order valence-corrected chi connectivity index (χ2v) is 5.90. The molecule has 5 heteroatoms. The summed E-state index contributed by atoms with van der Waals surface area (Å²) in [7, 11) is 0. The lowest BCUT2D eigenvalue weighted by Gasteiger charge is -2.17. The summed E-state index contributed by atoms with van der Waals surface area (Å²) in [5, 5.41) is 0.0989. The van der Waals surface area contributed by atoms with Crippen LogP contribution in [0, 0.1) is 13.8 Å². The van der Waals surface area contributed by atoms with Crippen molar-refractivity contribution >= 4 is 17.6 Å². The summed E-state index contributed by atoms with van der Waals surface area (Å²) in [6.07, 6.45) is -0.248. The predicted molar refractivity (Wildman–Crippen MR) is 90.0 cm³/mol. The zero-order chi connectivity index (χ0) is 17.0. The van der Waals surface area contributed by atoms with E-state index < -0.39 is 5.97 Å². The third-order valence-corrected chi connectivity index (χ3v) is 3.63. The van der Waals surface area contributed by atoms with Crippen molar-refractivity contribution in [3.63, 3.8) is 0 Å². The number of nitrogens with zero attached hydrogens (tertiary/aromatic N) is 1. The highest BCUT2D eigenvalue weighted by atomic mass is 35.5. The molecule has 0 aliphatic rings. The minimum atomic E-state index is -0.524. The van der Waals surface area contributed by atoms with Crippen molar-refractivity contribution in [3.05, 3.63) is 57.9 Å². The molecule has 0 aliphatic heterocycles. The van der Waals surface area contributed by atoms with Crippen LogP contribution in [0.5, 0.6) is 5.75 Å². The molecule has 23 heavy (non-hydrogen) atoms. The van der Waals surface area contributed by atoms with Crippen LogP contribution in [0.3, 0.4) is 0 Å². The van der Waals surface area contributed by atoms with E-state index in [4.69, 9.17) is 21.1 Å². The van der Waals surface area contributed by atoms with E-state index in [-0.39, 0.29) is 16.8 Å². The molecule has 0 atom stereocenters. The first-order chi connectivity index (χ1) is 10.9. The lowest BCUT2D eigenvalue weighted by atomic mass is 10.1. The van der Waals surface area contributed by atoms with Gasteiger partial charge < -0.3 is 9.47 Å². The molecule has 0 spiro atoms. The Morgan fingerprint density at radius 2 is 1.87 bits per heavy atom. The van der Waals surface area contributed by atoms with Crippen LogP contribution in [0.2, 0.25) is 5.15 Å². The first-order valence-corrected chi connectivity index (χ1v) is 7.82. The fourth-order valence-corrected chi connectivity index (χ4v) is 2.38. The smallest absolute Gasteiger partial charge is 0.345 e. The molecule has 0 radical (unpaired) electrons. The summed E-state index contributed by atoms with van der Waals surface area (Å²) in [5.74, 6) is -0.0966. The van der Waals surface area contributed by atoms with Crippen LogP contribution in [-0.4, -0.2) is 17.1 Å². The van der Waals surface area contributed by atoms with Crippen molar-refractivity contribution in [3.8, 4) is 5.75 Å². The highest BCUT2D eigenvalue weighted by Crippen LogP contribution is 2.32. The summed E-state index contributed by atoms with van der Waals surface area (Å²) in [6.45, 7) is 7.58. The second kappa shape index (κ2) is 7.47. The van der Waals surface area contributed by atoms with Crippen LogP contribution in [0.4, 0.5) is 0 Å². The van der Waals surface area contributed by atoms with Crippen molar-refractivity contribution < 1.29 is 14.3 Å². The number of pyridine rings is 1. The highest BCUT2D eigenvalue weighted by Gasteiger charge is 2.24. The summed E-state index contributed by atoms with van der Waals surface area (Å²) in [4.78, 5) is 16.5. The number of carbonyl (C=O) groups excluding carboxylic acids is 1. The topological polar surface area (TPSA) is 48.4 Å². The maximum absolute atomic E-state index is 12.3. The van der Waals surface area contributed by atoms with E-state index in [9.17, 15) is 4.79 Å². The standard InChI is InChI=1S/C18H20ClNO3/c1-11(2)23-18(21)15-16(12(3)13(4)20-17(15)19)22-10-14-8-6-5-7-9-14/h5-9,11H,10H2,1-4H3. The quantitative estimate of drug-likeness (QED) is 0.597. The van der Waals surface area contributed by atoms with Crippen molar-refractivity contribution in [2.24, 2.45) is 0 Å². The Balaban J connectivity index is 2.37. The molecular weight excluding hydrogens is 314 g/mol. The Kier molecular flexibility index (Phi) is 5.61. The monoisotopic (exact) mass is 333 g/mol. The molecule has 1 heterocycles. The fourth-order valence-electron chi connectivity index (χ4n) is 2.09. The average Bonchev–Trinajstić information content (AvgIpc) is 2.49. The van der Waals surface area contributed by atoms with Crippen LogP contribution < -0.4 is 4.74 Å². The molecule has 0 amide bonds. The highest BCUT2D eigenvalue weighted by molar-refractivity contribution is 6.32. The molecule has 0 unspecified atom stereocenters. The molecule has 0 saturated heterocycles. The molecule has 0 N–H and O–H groups in total. The van der Waals surface area contributed by atoms with E-state index in [1.54, 1.807) is 13.8 Å². The van der Waals surface area contributed by atoms with Crippen molar-refractivity contribution in [1.29, 1.82) is 0 Å². The average molecular weight is 334 g/mol. The van der Waals surface area contributed by atoms with Gasteiger partial charge in [0.2, 0.25) is 0 Å². The van der Waals surface area contributed by atoms with Gasteiger partial charge in [0.05, 0.1) is 6.10 Å². The Hall–Kier alpha value is -2.07. The minimum Gasteiger partial charge on any atom is -0.488 e. The summed E-state index contributed by atoms with van der Waals surface area (Å²) >= 11 is 6.17. The Labute approximate surface area is 141 Å². The molecule has 4 nitrogen and oxygen atoms in total. The van der Waals surface area contributed by atoms with Crippen LogP contribution in [0.1, 0.15) is 41.0 Å². The number of ether oxygens (including phenoxy) is 2. The van der Waals surface area contributed by atoms with Crippen molar-refractivity contribution in [1.82, 2.24) is 4.98 Å². The third kappa shape index (κ3) is 4.23.